The highest BCUT2D eigenvalue weighted by atomic mass is 16.2. The standard InChI is InChI=1S/C8H16N2O2/c1-6(2)9-7(11)5-8(12)10(3)4/h6H,5H2,1-4H3,(H,9,11). The molecule has 0 aliphatic heterocycles. The second-order valence-corrected chi connectivity index (χ2v) is 3.19. The van der Waals surface area contributed by atoms with Gasteiger partial charge in [-0.2, -0.15) is 0 Å². The van der Waals surface area contributed by atoms with Crippen molar-refractivity contribution in [1.82, 2.24) is 10.2 Å². The van der Waals surface area contributed by atoms with E-state index < -0.39 is 0 Å². The van der Waals surface area contributed by atoms with E-state index in [1.165, 1.54) is 4.90 Å². The zero-order chi connectivity index (χ0) is 9.72. The molecule has 0 aliphatic carbocycles. The van der Waals surface area contributed by atoms with Crippen molar-refractivity contribution in [2.24, 2.45) is 0 Å². The summed E-state index contributed by atoms with van der Waals surface area (Å²) in [5, 5.41) is 2.64. The quantitative estimate of drug-likeness (QED) is 0.609. The van der Waals surface area contributed by atoms with E-state index in [-0.39, 0.29) is 24.3 Å². The zero-order valence-electron chi connectivity index (χ0n) is 8.05. The van der Waals surface area contributed by atoms with Gasteiger partial charge in [-0.1, -0.05) is 0 Å². The highest BCUT2D eigenvalue weighted by Gasteiger charge is 2.10. The summed E-state index contributed by atoms with van der Waals surface area (Å²) in [5.41, 5.74) is 0. The molecule has 0 spiro atoms. The summed E-state index contributed by atoms with van der Waals surface area (Å²) >= 11 is 0. The van der Waals surface area contributed by atoms with Crippen LogP contribution in [0.15, 0.2) is 0 Å². The van der Waals surface area contributed by atoms with Crippen molar-refractivity contribution < 1.29 is 9.59 Å². The van der Waals surface area contributed by atoms with Crippen molar-refractivity contribution in [1.29, 1.82) is 0 Å². The van der Waals surface area contributed by atoms with Crippen molar-refractivity contribution in [3.63, 3.8) is 0 Å². The fourth-order valence-corrected chi connectivity index (χ4v) is 0.668. The zero-order valence-corrected chi connectivity index (χ0v) is 8.05. The second-order valence-electron chi connectivity index (χ2n) is 3.19. The minimum atomic E-state index is -0.219. The van der Waals surface area contributed by atoms with Crippen LogP contribution >= 0.6 is 0 Å². The van der Waals surface area contributed by atoms with Gasteiger partial charge >= 0.3 is 0 Å². The third-order valence-electron chi connectivity index (χ3n) is 1.26. The lowest BCUT2D eigenvalue weighted by molar-refractivity contribution is -0.134. The Morgan fingerprint density at radius 2 is 1.83 bits per heavy atom. The SMILES string of the molecule is CC(C)NC(=O)CC(=O)N(C)C. The molecule has 0 saturated carbocycles. The van der Waals surface area contributed by atoms with Gasteiger partial charge in [0.15, 0.2) is 0 Å². The molecule has 0 aromatic carbocycles. The molecule has 0 bridgehead atoms. The van der Waals surface area contributed by atoms with E-state index in [4.69, 9.17) is 0 Å². The van der Waals surface area contributed by atoms with Crippen LogP contribution in [0.5, 0.6) is 0 Å². The molecule has 1 N–H and O–H groups in total. The fourth-order valence-electron chi connectivity index (χ4n) is 0.668. The molecule has 0 aromatic rings. The van der Waals surface area contributed by atoms with E-state index in [2.05, 4.69) is 5.32 Å². The molecule has 0 rings (SSSR count). The lowest BCUT2D eigenvalue weighted by Crippen LogP contribution is -2.34. The van der Waals surface area contributed by atoms with E-state index in [9.17, 15) is 9.59 Å². The number of carbonyl (C=O) groups is 2. The Balaban J connectivity index is 3.77. The predicted molar refractivity (Wildman–Crippen MR) is 46.6 cm³/mol. The largest absolute Gasteiger partial charge is 0.353 e. The Kier molecular flexibility index (Phi) is 4.33. The smallest absolute Gasteiger partial charge is 0.231 e. The Morgan fingerprint density at radius 3 is 2.17 bits per heavy atom. The molecule has 12 heavy (non-hydrogen) atoms. The molecule has 0 saturated heterocycles. The summed E-state index contributed by atoms with van der Waals surface area (Å²) in [5.74, 6) is -0.392. The minimum Gasteiger partial charge on any atom is -0.353 e. The molecule has 0 atom stereocenters. The summed E-state index contributed by atoms with van der Waals surface area (Å²) in [6, 6.07) is 0.0902. The normalized spacial score (nSPS) is 9.75. The average molecular weight is 172 g/mol. The third kappa shape index (κ3) is 4.71. The molecular formula is C8H16N2O2. The highest BCUT2D eigenvalue weighted by Crippen LogP contribution is 1.88. The van der Waals surface area contributed by atoms with Crippen LogP contribution in [0.1, 0.15) is 20.3 Å². The molecule has 0 fully saturated rings. The lowest BCUT2D eigenvalue weighted by Gasteiger charge is -2.11. The van der Waals surface area contributed by atoms with E-state index in [1.807, 2.05) is 13.8 Å². The second kappa shape index (κ2) is 4.74. The molecule has 4 heteroatoms. The molecular weight excluding hydrogens is 156 g/mol. The number of amides is 2. The van der Waals surface area contributed by atoms with Gasteiger partial charge in [-0.05, 0) is 13.8 Å². The van der Waals surface area contributed by atoms with Crippen molar-refractivity contribution in [3.05, 3.63) is 0 Å². The molecule has 4 nitrogen and oxygen atoms in total. The Morgan fingerprint density at radius 1 is 1.33 bits per heavy atom. The maximum atomic E-state index is 11.0. The van der Waals surface area contributed by atoms with Gasteiger partial charge < -0.3 is 10.2 Å². The maximum Gasteiger partial charge on any atom is 0.231 e. The molecule has 0 heterocycles. The van der Waals surface area contributed by atoms with Gasteiger partial charge in [0.2, 0.25) is 11.8 Å². The number of hydrogen-bond donors (Lipinski definition) is 1. The summed E-state index contributed by atoms with van der Waals surface area (Å²) in [7, 11) is 3.26. The summed E-state index contributed by atoms with van der Waals surface area (Å²) in [4.78, 5) is 23.4. The van der Waals surface area contributed by atoms with Gasteiger partial charge in [-0.15, -0.1) is 0 Å². The predicted octanol–water partition coefficient (Wildman–Crippen LogP) is -0.0107. The first kappa shape index (κ1) is 10.9. The van der Waals surface area contributed by atoms with E-state index in [0.717, 1.165) is 0 Å². The Bertz CT molecular complexity index is 176. The molecule has 0 aromatic heterocycles. The molecule has 0 radical (unpaired) electrons. The molecule has 2 amide bonds. The monoisotopic (exact) mass is 172 g/mol. The fraction of sp³-hybridized carbons (Fsp3) is 0.750. The highest BCUT2D eigenvalue weighted by molar-refractivity contribution is 5.96. The number of nitrogens with zero attached hydrogens (tertiary/aromatic N) is 1. The molecule has 70 valence electrons. The van der Waals surface area contributed by atoms with Crippen LogP contribution in [-0.2, 0) is 9.59 Å². The third-order valence-corrected chi connectivity index (χ3v) is 1.26. The number of hydrogen-bond acceptors (Lipinski definition) is 2. The first-order chi connectivity index (χ1) is 5.43. The minimum absolute atomic E-state index is 0.0643. The van der Waals surface area contributed by atoms with Crippen LogP contribution in [0, 0.1) is 0 Å². The van der Waals surface area contributed by atoms with E-state index >= 15 is 0 Å². The van der Waals surface area contributed by atoms with Crippen LogP contribution < -0.4 is 5.32 Å². The van der Waals surface area contributed by atoms with E-state index in [1.54, 1.807) is 14.1 Å². The van der Waals surface area contributed by atoms with Crippen molar-refractivity contribution in [3.8, 4) is 0 Å². The first-order valence-corrected chi connectivity index (χ1v) is 3.93. The molecule has 0 unspecified atom stereocenters. The van der Waals surface area contributed by atoms with Gasteiger partial charge in [0, 0.05) is 20.1 Å². The van der Waals surface area contributed by atoms with Crippen LogP contribution in [0.3, 0.4) is 0 Å². The average Bonchev–Trinajstić information content (AvgIpc) is 1.84. The van der Waals surface area contributed by atoms with Crippen LogP contribution in [0.25, 0.3) is 0 Å². The van der Waals surface area contributed by atoms with E-state index in [0.29, 0.717) is 0 Å². The number of carbonyl (C=O) groups excluding carboxylic acids is 2. The van der Waals surface area contributed by atoms with Crippen molar-refractivity contribution in [2.75, 3.05) is 14.1 Å². The van der Waals surface area contributed by atoms with Crippen LogP contribution in [0.4, 0.5) is 0 Å². The first-order valence-electron chi connectivity index (χ1n) is 3.93. The van der Waals surface area contributed by atoms with Crippen LogP contribution in [-0.4, -0.2) is 36.9 Å². The number of rotatable bonds is 3. The van der Waals surface area contributed by atoms with Crippen molar-refractivity contribution in [2.45, 2.75) is 26.3 Å². The summed E-state index contributed by atoms with van der Waals surface area (Å²) in [6.45, 7) is 3.72. The van der Waals surface area contributed by atoms with Gasteiger partial charge in [0.05, 0.1) is 0 Å². The number of nitrogens with one attached hydrogen (secondary N) is 1. The topological polar surface area (TPSA) is 49.4 Å². The van der Waals surface area contributed by atoms with Gasteiger partial charge in [-0.25, -0.2) is 0 Å². The lowest BCUT2D eigenvalue weighted by atomic mass is 10.3. The molecule has 0 aliphatic rings. The van der Waals surface area contributed by atoms with Gasteiger partial charge in [-0.3, -0.25) is 9.59 Å². The summed E-state index contributed by atoms with van der Waals surface area (Å²) in [6.07, 6.45) is -0.0643. The Labute approximate surface area is 72.9 Å². The van der Waals surface area contributed by atoms with Crippen molar-refractivity contribution >= 4 is 11.8 Å². The van der Waals surface area contributed by atoms with Gasteiger partial charge in [0.25, 0.3) is 0 Å². The Hall–Kier alpha value is -1.06. The van der Waals surface area contributed by atoms with Gasteiger partial charge in [0.1, 0.15) is 6.42 Å². The maximum absolute atomic E-state index is 11.0. The van der Waals surface area contributed by atoms with Crippen LogP contribution in [0.2, 0.25) is 0 Å². The summed E-state index contributed by atoms with van der Waals surface area (Å²) < 4.78 is 0.